The molecule has 15 nitrogen and oxygen atoms in total. The average molecular weight is 973 g/mol. The Bertz CT molecular complexity index is 2350. The van der Waals surface area contributed by atoms with Crippen LogP contribution in [0.15, 0.2) is 102 Å². The number of alkyl halides is 3. The first-order valence-electron chi connectivity index (χ1n) is 21.1. The van der Waals surface area contributed by atoms with Gasteiger partial charge in [0.05, 0.1) is 35.6 Å². The zero-order valence-electron chi connectivity index (χ0n) is 36.9. The molecule has 354 valence electrons. The van der Waals surface area contributed by atoms with E-state index in [0.29, 0.717) is 5.56 Å². The van der Waals surface area contributed by atoms with Gasteiger partial charge in [0, 0.05) is 37.7 Å². The molecule has 2 bridgehead atoms. The van der Waals surface area contributed by atoms with E-state index in [1.807, 2.05) is 0 Å². The van der Waals surface area contributed by atoms with E-state index in [0.717, 1.165) is 13.8 Å². The Morgan fingerprint density at radius 3 is 1.88 bits per heavy atom. The summed E-state index contributed by atoms with van der Waals surface area (Å²) in [6, 6.07) is 22.9. The Kier molecular flexibility index (Phi) is 15.1. The van der Waals surface area contributed by atoms with Crippen LogP contribution in [0.5, 0.6) is 0 Å². The van der Waals surface area contributed by atoms with E-state index in [4.69, 9.17) is 58.5 Å². The van der Waals surface area contributed by atoms with E-state index in [-0.39, 0.29) is 35.3 Å². The van der Waals surface area contributed by atoms with Crippen LogP contribution in [0.3, 0.4) is 0 Å². The van der Waals surface area contributed by atoms with E-state index >= 15 is 4.79 Å². The Morgan fingerprint density at radius 1 is 0.818 bits per heavy atom. The highest BCUT2D eigenvalue weighted by Gasteiger charge is 2.78. The summed E-state index contributed by atoms with van der Waals surface area (Å²) in [6.07, 6.45) is -10.5. The highest BCUT2D eigenvalue weighted by atomic mass is 35.6. The van der Waals surface area contributed by atoms with Crippen LogP contribution in [0.4, 0.5) is 0 Å². The van der Waals surface area contributed by atoms with E-state index in [1.165, 1.54) is 26.0 Å². The molecule has 3 fully saturated rings. The molecule has 66 heavy (non-hydrogen) atoms. The SMILES string of the molecule is CC(=O)O[C@H]1C(=O)[C@@]2(C)[C@H]([C@H](OC(=O)c3ccccc3)[C@]3(O)C[C@H](OC(=O)[C@H](O)[C@@H](NC(=O)c4ccccc4)c4ccccc4)C(C)=C1C3(C)C)[C@]1(OC(C)=O)CO[C@@H]1C[C@@H]2O.ClC(Cl)Cl. The molecule has 11 atom stereocenters. The first-order valence-corrected chi connectivity index (χ1v) is 22.4. The standard InChI is InChI=1S/C47H51NO14.CHCl3/c1-25-31(60-43(56)36(52)35(28-16-10-7-11-17-28)48-41(54)29-18-12-8-13-19-29)23-47(57)40(61-42(55)30-20-14-9-15-21-30)38-45(6,32(51)22-33-46(38,24-58-33)62-27(3)50)39(53)37(59-26(2)49)34(25)44(47,4)5;2-1(3)4/h7-21,31-33,35-38,40,51-52,57H,22-24H2,1-6H3,(H,48,54);1H/t31-,32-,33+,35-,36+,37+,38-,40-,45+,46-,47+;/m0./s1. The van der Waals surface area contributed by atoms with Crippen LogP contribution in [0, 0.1) is 16.7 Å². The normalized spacial score (nSPS) is 30.5. The lowest BCUT2D eigenvalue weighted by atomic mass is 9.44. The van der Waals surface area contributed by atoms with Crippen LogP contribution in [-0.4, -0.2) is 110 Å². The zero-order valence-corrected chi connectivity index (χ0v) is 39.2. The van der Waals surface area contributed by atoms with Gasteiger partial charge in [0.25, 0.3) is 5.91 Å². The van der Waals surface area contributed by atoms with E-state index < -0.39 is 117 Å². The number of halogens is 3. The quantitative estimate of drug-likeness (QED) is 0.0827. The van der Waals surface area contributed by atoms with Crippen LogP contribution in [0.25, 0.3) is 0 Å². The van der Waals surface area contributed by atoms with Crippen molar-refractivity contribution in [3.8, 4) is 0 Å². The number of ether oxygens (including phenoxy) is 5. The van der Waals surface area contributed by atoms with Gasteiger partial charge in [-0.3, -0.25) is 19.2 Å². The second kappa shape index (κ2) is 19.8. The zero-order chi connectivity index (χ0) is 48.5. The summed E-state index contributed by atoms with van der Waals surface area (Å²) in [6.45, 7) is 7.97. The summed E-state index contributed by atoms with van der Waals surface area (Å²) < 4.78 is 29.5. The number of benzene rings is 3. The number of carbonyl (C=O) groups is 6. The molecule has 3 aromatic carbocycles. The minimum absolute atomic E-state index is 0.00289. The maximum absolute atomic E-state index is 15.5. The van der Waals surface area contributed by atoms with Crippen LogP contribution < -0.4 is 5.32 Å². The van der Waals surface area contributed by atoms with Crippen molar-refractivity contribution in [3.05, 3.63) is 119 Å². The summed E-state index contributed by atoms with van der Waals surface area (Å²) in [4.78, 5) is 83.5. The highest BCUT2D eigenvalue weighted by molar-refractivity contribution is 6.63. The molecule has 2 saturated carbocycles. The predicted molar refractivity (Wildman–Crippen MR) is 239 cm³/mol. The second-order valence-corrected chi connectivity index (χ2v) is 19.6. The van der Waals surface area contributed by atoms with Gasteiger partial charge in [-0.1, -0.05) is 115 Å². The molecule has 1 heterocycles. The molecule has 0 unspecified atom stereocenters. The van der Waals surface area contributed by atoms with Crippen LogP contribution in [0.2, 0.25) is 0 Å². The van der Waals surface area contributed by atoms with Crippen molar-refractivity contribution < 1.29 is 67.8 Å². The number of fused-ring (bicyclic) bond motifs is 5. The van der Waals surface area contributed by atoms with Gasteiger partial charge in [0.2, 0.25) is 0 Å². The van der Waals surface area contributed by atoms with Crippen molar-refractivity contribution in [1.29, 1.82) is 0 Å². The van der Waals surface area contributed by atoms with Gasteiger partial charge in [0.1, 0.15) is 23.9 Å². The number of aliphatic hydroxyl groups excluding tert-OH is 2. The van der Waals surface area contributed by atoms with Gasteiger partial charge < -0.3 is 44.3 Å². The summed E-state index contributed by atoms with van der Waals surface area (Å²) >= 11 is 14.4. The number of hydrogen-bond acceptors (Lipinski definition) is 14. The molecule has 1 aliphatic heterocycles. The first-order chi connectivity index (χ1) is 31.0. The largest absolute Gasteiger partial charge is 0.456 e. The number of nitrogens with one attached hydrogen (secondary N) is 1. The van der Waals surface area contributed by atoms with E-state index in [1.54, 1.807) is 92.7 Å². The highest BCUT2D eigenvalue weighted by Crippen LogP contribution is 2.64. The van der Waals surface area contributed by atoms with Gasteiger partial charge in [-0.25, -0.2) is 9.59 Å². The number of aliphatic hydroxyl groups is 3. The van der Waals surface area contributed by atoms with Crippen LogP contribution in [0.1, 0.15) is 86.7 Å². The third kappa shape index (κ3) is 9.36. The Labute approximate surface area is 396 Å². The summed E-state index contributed by atoms with van der Waals surface area (Å²) in [7, 11) is 0. The summed E-state index contributed by atoms with van der Waals surface area (Å²) in [5.41, 5.74) is -7.02. The number of Topliss-reactive ketones (excluding diaryl/α,β-unsaturated/α-hetero) is 1. The average Bonchev–Trinajstić information content (AvgIpc) is 3.26. The van der Waals surface area contributed by atoms with Crippen molar-refractivity contribution >= 4 is 70.4 Å². The third-order valence-corrected chi connectivity index (χ3v) is 13.5. The van der Waals surface area contributed by atoms with Gasteiger partial charge in [-0.15, -0.1) is 0 Å². The molecule has 4 aliphatic rings. The summed E-state index contributed by atoms with van der Waals surface area (Å²) in [5, 5.41) is 40.2. The molecule has 3 aromatic rings. The molecular weight excluding hydrogens is 921 g/mol. The fourth-order valence-corrected chi connectivity index (χ4v) is 10.2. The maximum atomic E-state index is 15.5. The van der Waals surface area contributed by atoms with Crippen molar-refractivity contribution in [1.82, 2.24) is 5.32 Å². The molecule has 4 N–H and O–H groups in total. The molecule has 1 saturated heterocycles. The van der Waals surface area contributed by atoms with E-state index in [9.17, 15) is 39.3 Å². The molecule has 7 rings (SSSR count). The third-order valence-electron chi connectivity index (χ3n) is 13.5. The number of amides is 1. The molecule has 18 heteroatoms. The lowest BCUT2D eigenvalue weighted by Gasteiger charge is -2.67. The van der Waals surface area contributed by atoms with Crippen LogP contribution >= 0.6 is 34.8 Å². The summed E-state index contributed by atoms with van der Waals surface area (Å²) in [5.74, 6) is -6.84. The lowest BCUT2D eigenvalue weighted by molar-refractivity contribution is -0.346. The number of carbonyl (C=O) groups excluding carboxylic acids is 6. The Morgan fingerprint density at radius 2 is 1.36 bits per heavy atom. The number of ketones is 1. The monoisotopic (exact) mass is 971 g/mol. The Hall–Kier alpha value is -4.87. The number of hydrogen-bond donors (Lipinski definition) is 4. The van der Waals surface area contributed by atoms with Gasteiger partial charge in [0.15, 0.2) is 27.9 Å². The molecular formula is C48H52Cl3NO14. The van der Waals surface area contributed by atoms with Gasteiger partial charge in [-0.05, 0) is 54.8 Å². The molecule has 0 spiro atoms. The van der Waals surface area contributed by atoms with Crippen molar-refractivity contribution in [2.45, 2.75) is 113 Å². The fraction of sp³-hybridized carbons (Fsp3) is 0.458. The van der Waals surface area contributed by atoms with Gasteiger partial charge in [-0.2, -0.15) is 0 Å². The van der Waals surface area contributed by atoms with Crippen molar-refractivity contribution in [2.75, 3.05) is 6.61 Å². The van der Waals surface area contributed by atoms with Crippen molar-refractivity contribution in [2.24, 2.45) is 16.7 Å². The lowest BCUT2D eigenvalue weighted by Crippen LogP contribution is -2.82. The topological polar surface area (TPSA) is 221 Å². The van der Waals surface area contributed by atoms with Crippen LogP contribution in [-0.2, 0) is 42.9 Å². The second-order valence-electron chi connectivity index (χ2n) is 17.6. The number of rotatable bonds is 10. The van der Waals surface area contributed by atoms with E-state index in [2.05, 4.69) is 5.32 Å². The Balaban J connectivity index is 0.00000173. The maximum Gasteiger partial charge on any atom is 0.338 e. The predicted octanol–water partition coefficient (Wildman–Crippen LogP) is 5.72. The smallest absolute Gasteiger partial charge is 0.338 e. The minimum Gasteiger partial charge on any atom is -0.456 e. The minimum atomic E-state index is -2.39. The van der Waals surface area contributed by atoms with Crippen molar-refractivity contribution in [3.63, 3.8) is 0 Å². The first kappa shape index (κ1) is 50.5. The molecule has 1 amide bonds. The molecule has 0 radical (unpaired) electrons. The molecule has 3 aliphatic carbocycles. The van der Waals surface area contributed by atoms with Gasteiger partial charge >= 0.3 is 23.9 Å². The number of esters is 4. The fourth-order valence-electron chi connectivity index (χ4n) is 10.2. The molecule has 0 aromatic heterocycles.